The van der Waals surface area contributed by atoms with Crippen LogP contribution in [-0.2, 0) is 0 Å². The SMILES string of the molecule is CS/C=C/C=C\C=C(/C)C#N. The summed E-state index contributed by atoms with van der Waals surface area (Å²) in [5, 5.41) is 10.3. The first-order valence-corrected chi connectivity index (χ1v) is 4.53. The van der Waals surface area contributed by atoms with E-state index in [9.17, 15) is 0 Å². The average Bonchev–Trinajstić information content (AvgIpc) is 2.04. The van der Waals surface area contributed by atoms with Crippen molar-refractivity contribution < 1.29 is 0 Å². The van der Waals surface area contributed by atoms with Gasteiger partial charge in [-0.05, 0) is 24.7 Å². The van der Waals surface area contributed by atoms with Gasteiger partial charge in [-0.2, -0.15) is 5.26 Å². The molecule has 0 aliphatic carbocycles. The molecule has 0 fully saturated rings. The number of thioether (sulfide) groups is 1. The largest absolute Gasteiger partial charge is 0.193 e. The second kappa shape index (κ2) is 7.17. The lowest BCUT2D eigenvalue weighted by Crippen LogP contribution is -1.62. The summed E-state index contributed by atoms with van der Waals surface area (Å²) >= 11 is 1.65. The van der Waals surface area contributed by atoms with Gasteiger partial charge in [0.1, 0.15) is 0 Å². The Labute approximate surface area is 72.1 Å². The van der Waals surface area contributed by atoms with E-state index in [-0.39, 0.29) is 0 Å². The third-order valence-corrected chi connectivity index (χ3v) is 1.39. The fourth-order valence-electron chi connectivity index (χ4n) is 0.425. The van der Waals surface area contributed by atoms with E-state index < -0.39 is 0 Å². The highest BCUT2D eigenvalue weighted by atomic mass is 32.2. The Bertz CT molecular complexity index is 218. The third-order valence-electron chi connectivity index (χ3n) is 0.959. The van der Waals surface area contributed by atoms with Crippen molar-refractivity contribution in [2.45, 2.75) is 6.92 Å². The average molecular weight is 165 g/mol. The minimum absolute atomic E-state index is 0.721. The van der Waals surface area contributed by atoms with Crippen LogP contribution in [0.5, 0.6) is 0 Å². The van der Waals surface area contributed by atoms with Gasteiger partial charge in [0.2, 0.25) is 0 Å². The van der Waals surface area contributed by atoms with Crippen molar-refractivity contribution in [1.82, 2.24) is 0 Å². The molecular formula is C9H11NS. The molecule has 0 radical (unpaired) electrons. The fourth-order valence-corrected chi connectivity index (χ4v) is 0.673. The Kier molecular flexibility index (Phi) is 6.56. The molecule has 2 heteroatoms. The molecule has 0 N–H and O–H groups in total. The molecule has 0 saturated carbocycles. The van der Waals surface area contributed by atoms with Gasteiger partial charge in [-0.15, -0.1) is 11.8 Å². The van der Waals surface area contributed by atoms with Gasteiger partial charge in [0, 0.05) is 5.57 Å². The quantitative estimate of drug-likeness (QED) is 0.474. The Morgan fingerprint density at radius 2 is 2.09 bits per heavy atom. The minimum atomic E-state index is 0.721. The lowest BCUT2D eigenvalue weighted by molar-refractivity contribution is 1.44. The predicted molar refractivity (Wildman–Crippen MR) is 51.2 cm³/mol. The third kappa shape index (κ3) is 6.95. The Hall–Kier alpha value is -0.940. The first-order chi connectivity index (χ1) is 5.31. The van der Waals surface area contributed by atoms with Crippen LogP contribution in [0.3, 0.4) is 0 Å². The van der Waals surface area contributed by atoms with Gasteiger partial charge < -0.3 is 0 Å². The van der Waals surface area contributed by atoms with Gasteiger partial charge >= 0.3 is 0 Å². The topological polar surface area (TPSA) is 23.8 Å². The fraction of sp³-hybridized carbons (Fsp3) is 0.222. The molecule has 11 heavy (non-hydrogen) atoms. The zero-order chi connectivity index (χ0) is 8.53. The monoisotopic (exact) mass is 165 g/mol. The van der Waals surface area contributed by atoms with Crippen molar-refractivity contribution in [2.24, 2.45) is 0 Å². The molecule has 0 bridgehead atoms. The molecule has 0 heterocycles. The number of hydrogen-bond donors (Lipinski definition) is 0. The predicted octanol–water partition coefficient (Wildman–Crippen LogP) is 2.89. The normalized spacial score (nSPS) is 12.6. The van der Waals surface area contributed by atoms with Gasteiger partial charge in [-0.1, -0.05) is 18.2 Å². The van der Waals surface area contributed by atoms with Crippen molar-refractivity contribution in [3.05, 3.63) is 35.3 Å². The highest BCUT2D eigenvalue weighted by Crippen LogP contribution is 1.94. The van der Waals surface area contributed by atoms with Crippen LogP contribution >= 0.6 is 11.8 Å². The lowest BCUT2D eigenvalue weighted by Gasteiger charge is -1.77. The second-order valence-corrected chi connectivity index (χ2v) is 2.65. The van der Waals surface area contributed by atoms with Gasteiger partial charge in [0.25, 0.3) is 0 Å². The summed E-state index contributed by atoms with van der Waals surface area (Å²) in [7, 11) is 0. The van der Waals surface area contributed by atoms with Crippen LogP contribution in [0.15, 0.2) is 35.3 Å². The van der Waals surface area contributed by atoms with E-state index in [2.05, 4.69) is 0 Å². The van der Waals surface area contributed by atoms with E-state index in [0.29, 0.717) is 0 Å². The van der Waals surface area contributed by atoms with Crippen LogP contribution in [0, 0.1) is 11.3 Å². The van der Waals surface area contributed by atoms with Crippen molar-refractivity contribution in [2.75, 3.05) is 6.26 Å². The van der Waals surface area contributed by atoms with Crippen molar-refractivity contribution in [1.29, 1.82) is 5.26 Å². The van der Waals surface area contributed by atoms with E-state index in [4.69, 9.17) is 5.26 Å². The Morgan fingerprint density at radius 3 is 2.64 bits per heavy atom. The first-order valence-electron chi connectivity index (χ1n) is 3.24. The second-order valence-electron chi connectivity index (χ2n) is 1.91. The van der Waals surface area contributed by atoms with Crippen LogP contribution in [0.25, 0.3) is 0 Å². The van der Waals surface area contributed by atoms with Crippen molar-refractivity contribution in [3.63, 3.8) is 0 Å². The molecule has 0 aliphatic rings. The summed E-state index contributed by atoms with van der Waals surface area (Å²) in [6.07, 6.45) is 9.47. The summed E-state index contributed by atoms with van der Waals surface area (Å²) in [6.45, 7) is 1.78. The minimum Gasteiger partial charge on any atom is -0.193 e. The van der Waals surface area contributed by atoms with Crippen LogP contribution in [0.2, 0.25) is 0 Å². The van der Waals surface area contributed by atoms with E-state index in [1.807, 2.05) is 36.0 Å². The zero-order valence-corrected chi connectivity index (χ0v) is 7.56. The maximum Gasteiger partial charge on any atom is 0.0944 e. The molecule has 0 aromatic carbocycles. The van der Waals surface area contributed by atoms with Gasteiger partial charge in [-0.3, -0.25) is 0 Å². The molecule has 0 unspecified atom stereocenters. The van der Waals surface area contributed by atoms with Gasteiger partial charge in [-0.25, -0.2) is 0 Å². The van der Waals surface area contributed by atoms with Crippen LogP contribution in [-0.4, -0.2) is 6.26 Å². The van der Waals surface area contributed by atoms with Gasteiger partial charge in [0.05, 0.1) is 6.07 Å². The highest BCUT2D eigenvalue weighted by Gasteiger charge is 1.75. The van der Waals surface area contributed by atoms with Crippen LogP contribution in [0.1, 0.15) is 6.92 Å². The Balaban J connectivity index is 3.79. The first kappa shape index (κ1) is 10.1. The molecule has 0 rings (SSSR count). The molecule has 0 aromatic heterocycles. The Morgan fingerprint density at radius 1 is 1.36 bits per heavy atom. The van der Waals surface area contributed by atoms with Gasteiger partial charge in [0.15, 0.2) is 0 Å². The van der Waals surface area contributed by atoms with E-state index >= 15 is 0 Å². The molecule has 0 aliphatic heterocycles. The summed E-state index contributed by atoms with van der Waals surface area (Å²) in [4.78, 5) is 0. The number of nitrogens with zero attached hydrogens (tertiary/aromatic N) is 1. The van der Waals surface area contributed by atoms with Crippen LogP contribution in [0.4, 0.5) is 0 Å². The van der Waals surface area contributed by atoms with Crippen molar-refractivity contribution in [3.8, 4) is 6.07 Å². The van der Waals surface area contributed by atoms with Crippen molar-refractivity contribution >= 4 is 11.8 Å². The number of rotatable bonds is 3. The molecule has 1 nitrogen and oxygen atoms in total. The molecular weight excluding hydrogens is 154 g/mol. The zero-order valence-electron chi connectivity index (χ0n) is 6.74. The summed E-state index contributed by atoms with van der Waals surface area (Å²) in [6, 6.07) is 2.04. The number of hydrogen-bond acceptors (Lipinski definition) is 2. The summed E-state index contributed by atoms with van der Waals surface area (Å²) in [5.41, 5.74) is 0.721. The molecule has 0 amide bonds. The molecule has 0 atom stereocenters. The number of allylic oxidation sites excluding steroid dienone is 5. The lowest BCUT2D eigenvalue weighted by atomic mass is 10.3. The smallest absolute Gasteiger partial charge is 0.0944 e. The number of nitriles is 1. The molecule has 58 valence electrons. The maximum absolute atomic E-state index is 8.36. The molecule has 0 spiro atoms. The van der Waals surface area contributed by atoms with E-state index in [1.165, 1.54) is 0 Å². The van der Waals surface area contributed by atoms with Crippen LogP contribution < -0.4 is 0 Å². The van der Waals surface area contributed by atoms with E-state index in [0.717, 1.165) is 5.57 Å². The standard InChI is InChI=1S/C9H11NS/c1-9(8-10)6-4-3-5-7-11-2/h3-7H,1-2H3/b4-3-,7-5+,9-6+. The highest BCUT2D eigenvalue weighted by molar-refractivity contribution is 8.01. The summed E-state index contributed by atoms with van der Waals surface area (Å²) in [5.74, 6) is 0. The maximum atomic E-state index is 8.36. The van der Waals surface area contributed by atoms with E-state index in [1.54, 1.807) is 24.8 Å². The summed E-state index contributed by atoms with van der Waals surface area (Å²) < 4.78 is 0. The molecule has 0 aromatic rings. The molecule has 0 saturated heterocycles.